The van der Waals surface area contributed by atoms with Crippen LogP contribution in [0.25, 0.3) is 0 Å². The minimum Gasteiger partial charge on any atom is -0.479 e. The Balaban J connectivity index is 2.54. The maximum absolute atomic E-state index is 12.6. The summed E-state index contributed by atoms with van der Waals surface area (Å²) >= 11 is 0. The predicted molar refractivity (Wildman–Crippen MR) is 125 cm³/mol. The first-order chi connectivity index (χ1) is 15.0. The Bertz CT molecular complexity index is 554. The van der Waals surface area contributed by atoms with Gasteiger partial charge in [0.2, 0.25) is 0 Å². The van der Waals surface area contributed by atoms with Crippen molar-refractivity contribution in [2.24, 2.45) is 11.8 Å². The molecule has 0 aromatic heterocycles. The van der Waals surface area contributed by atoms with E-state index in [4.69, 9.17) is 9.47 Å². The van der Waals surface area contributed by atoms with Crippen LogP contribution in [0.15, 0.2) is 24.3 Å². The van der Waals surface area contributed by atoms with E-state index in [0.29, 0.717) is 38.9 Å². The van der Waals surface area contributed by atoms with Gasteiger partial charge in [-0.05, 0) is 45.4 Å². The normalized spacial score (nSPS) is 22.7. The van der Waals surface area contributed by atoms with Gasteiger partial charge in [-0.2, -0.15) is 0 Å². The van der Waals surface area contributed by atoms with Crippen molar-refractivity contribution in [3.05, 3.63) is 24.3 Å². The first kappa shape index (κ1) is 27.6. The number of carboxylic acids is 1. The molecule has 1 N–H and O–H groups in total. The van der Waals surface area contributed by atoms with Crippen LogP contribution in [0.4, 0.5) is 0 Å². The standard InChI is InChI=1S/C26H44O5/c1-4-7-9-10-11-13-17-22-21(23(27)20-25(22)30-6-3)16-14-12-15-18-24(26(28)29)31-19-8-5-2/h12-14,17,21-22,24-25H,4-11,15-16,18-20H2,1-3H3,(H,28,29)/b14-12-,17-13+/t21-,22-,24?,25-/m1/s1. The Morgan fingerprint density at radius 2 is 1.84 bits per heavy atom. The van der Waals surface area contributed by atoms with Crippen molar-refractivity contribution in [3.63, 3.8) is 0 Å². The zero-order valence-corrected chi connectivity index (χ0v) is 19.9. The van der Waals surface area contributed by atoms with Gasteiger partial charge < -0.3 is 14.6 Å². The number of carbonyl (C=O) groups excluding carboxylic acids is 1. The van der Waals surface area contributed by atoms with Gasteiger partial charge in [0.1, 0.15) is 5.78 Å². The first-order valence-corrected chi connectivity index (χ1v) is 12.3. The fourth-order valence-corrected chi connectivity index (χ4v) is 4.09. The molecule has 0 saturated heterocycles. The number of hydrogen-bond donors (Lipinski definition) is 1. The monoisotopic (exact) mass is 436 g/mol. The molecule has 178 valence electrons. The van der Waals surface area contributed by atoms with E-state index in [1.807, 2.05) is 19.1 Å². The molecule has 0 heterocycles. The molecule has 5 heteroatoms. The number of carbonyl (C=O) groups is 2. The van der Waals surface area contributed by atoms with Crippen molar-refractivity contribution < 1.29 is 24.2 Å². The molecule has 0 aromatic rings. The zero-order valence-electron chi connectivity index (χ0n) is 19.9. The van der Waals surface area contributed by atoms with Gasteiger partial charge >= 0.3 is 5.97 Å². The Morgan fingerprint density at radius 3 is 2.52 bits per heavy atom. The molecule has 1 fully saturated rings. The van der Waals surface area contributed by atoms with Gasteiger partial charge in [-0.25, -0.2) is 4.79 Å². The van der Waals surface area contributed by atoms with Crippen LogP contribution in [0.1, 0.15) is 91.4 Å². The van der Waals surface area contributed by atoms with Crippen molar-refractivity contribution in [2.45, 2.75) is 104 Å². The van der Waals surface area contributed by atoms with E-state index in [2.05, 4.69) is 26.0 Å². The molecule has 0 radical (unpaired) electrons. The molecule has 0 aliphatic heterocycles. The van der Waals surface area contributed by atoms with Gasteiger partial charge in [0.15, 0.2) is 6.10 Å². The highest BCUT2D eigenvalue weighted by Gasteiger charge is 2.40. The van der Waals surface area contributed by atoms with Crippen LogP contribution >= 0.6 is 0 Å². The van der Waals surface area contributed by atoms with Gasteiger partial charge in [0.05, 0.1) is 6.10 Å². The Labute approximate surface area is 189 Å². The molecule has 31 heavy (non-hydrogen) atoms. The molecule has 0 spiro atoms. The van der Waals surface area contributed by atoms with E-state index >= 15 is 0 Å². The van der Waals surface area contributed by atoms with Crippen molar-refractivity contribution >= 4 is 11.8 Å². The number of hydrogen-bond acceptors (Lipinski definition) is 4. The second kappa shape index (κ2) is 17.1. The third kappa shape index (κ3) is 11.1. The van der Waals surface area contributed by atoms with Gasteiger partial charge in [-0.15, -0.1) is 0 Å². The SMILES string of the molecule is CCCCCC/C=C/[C@H]1[C@H](OCC)CC(=O)[C@@H]1C/C=C\CCC(OCCCC)C(=O)O. The molecule has 1 rings (SSSR count). The van der Waals surface area contributed by atoms with Crippen molar-refractivity contribution in [3.8, 4) is 0 Å². The van der Waals surface area contributed by atoms with E-state index in [0.717, 1.165) is 19.3 Å². The van der Waals surface area contributed by atoms with Crippen LogP contribution in [0, 0.1) is 11.8 Å². The Hall–Kier alpha value is -1.46. The molecule has 1 saturated carbocycles. The molecular weight excluding hydrogens is 392 g/mol. The van der Waals surface area contributed by atoms with Crippen LogP contribution < -0.4 is 0 Å². The molecule has 0 aromatic carbocycles. The fourth-order valence-electron chi connectivity index (χ4n) is 4.09. The van der Waals surface area contributed by atoms with E-state index in [1.54, 1.807) is 0 Å². The summed E-state index contributed by atoms with van der Waals surface area (Å²) in [6, 6.07) is 0. The van der Waals surface area contributed by atoms with E-state index in [9.17, 15) is 14.7 Å². The van der Waals surface area contributed by atoms with E-state index in [1.165, 1.54) is 25.7 Å². The molecule has 1 aliphatic carbocycles. The molecule has 5 nitrogen and oxygen atoms in total. The quantitative estimate of drug-likeness (QED) is 0.207. The third-order valence-electron chi connectivity index (χ3n) is 5.92. The number of ether oxygens (including phenoxy) is 2. The Morgan fingerprint density at radius 1 is 1.06 bits per heavy atom. The topological polar surface area (TPSA) is 72.8 Å². The summed E-state index contributed by atoms with van der Waals surface area (Å²) in [5.74, 6) is -0.544. The number of carboxylic acid groups (broad SMARTS) is 1. The maximum atomic E-state index is 12.6. The number of ketones is 1. The lowest BCUT2D eigenvalue weighted by atomic mass is 9.90. The average Bonchev–Trinajstić information content (AvgIpc) is 3.03. The highest BCUT2D eigenvalue weighted by Crippen LogP contribution is 2.35. The number of unbranched alkanes of at least 4 members (excludes halogenated alkanes) is 5. The van der Waals surface area contributed by atoms with E-state index in [-0.39, 0.29) is 23.7 Å². The highest BCUT2D eigenvalue weighted by molar-refractivity contribution is 5.85. The average molecular weight is 437 g/mol. The summed E-state index contributed by atoms with van der Waals surface area (Å²) in [6.45, 7) is 7.35. The van der Waals surface area contributed by atoms with Crippen molar-refractivity contribution in [2.75, 3.05) is 13.2 Å². The van der Waals surface area contributed by atoms with Crippen molar-refractivity contribution in [1.29, 1.82) is 0 Å². The minimum atomic E-state index is -0.904. The van der Waals surface area contributed by atoms with Crippen LogP contribution in [0.5, 0.6) is 0 Å². The molecule has 1 unspecified atom stereocenters. The second-order valence-corrected chi connectivity index (χ2v) is 8.46. The lowest BCUT2D eigenvalue weighted by Gasteiger charge is -2.20. The van der Waals surface area contributed by atoms with Gasteiger partial charge in [-0.3, -0.25) is 4.79 Å². The third-order valence-corrected chi connectivity index (χ3v) is 5.92. The molecule has 0 amide bonds. The number of allylic oxidation sites excluding steroid dienone is 3. The smallest absolute Gasteiger partial charge is 0.332 e. The largest absolute Gasteiger partial charge is 0.479 e. The summed E-state index contributed by atoms with van der Waals surface area (Å²) in [5.41, 5.74) is 0. The van der Waals surface area contributed by atoms with Crippen LogP contribution in [-0.4, -0.2) is 42.3 Å². The molecule has 0 bridgehead atoms. The molecular formula is C26H44O5. The number of aliphatic carboxylic acids is 1. The zero-order chi connectivity index (χ0) is 22.9. The van der Waals surface area contributed by atoms with Gasteiger partial charge in [0.25, 0.3) is 0 Å². The predicted octanol–water partition coefficient (Wildman–Crippen LogP) is 6.12. The Kier molecular flexibility index (Phi) is 15.2. The number of rotatable bonds is 18. The second-order valence-electron chi connectivity index (χ2n) is 8.46. The summed E-state index contributed by atoms with van der Waals surface area (Å²) in [6.07, 6.45) is 17.8. The van der Waals surface area contributed by atoms with Crippen LogP contribution in [-0.2, 0) is 19.1 Å². The fraction of sp³-hybridized carbons (Fsp3) is 0.769. The lowest BCUT2D eigenvalue weighted by Crippen LogP contribution is -2.24. The van der Waals surface area contributed by atoms with Crippen LogP contribution in [0.3, 0.4) is 0 Å². The molecule has 1 aliphatic rings. The van der Waals surface area contributed by atoms with Gasteiger partial charge in [0, 0.05) is 31.5 Å². The minimum absolute atomic E-state index is 0.0221. The van der Waals surface area contributed by atoms with Crippen LogP contribution in [0.2, 0.25) is 0 Å². The van der Waals surface area contributed by atoms with Gasteiger partial charge in [-0.1, -0.05) is 63.8 Å². The summed E-state index contributed by atoms with van der Waals surface area (Å²) < 4.78 is 11.3. The summed E-state index contributed by atoms with van der Waals surface area (Å²) in [4.78, 5) is 23.9. The summed E-state index contributed by atoms with van der Waals surface area (Å²) in [7, 11) is 0. The lowest BCUT2D eigenvalue weighted by molar-refractivity contribution is -0.150. The number of Topliss-reactive ketones (excluding diaryl/α,β-unsaturated/α-hetero) is 1. The van der Waals surface area contributed by atoms with E-state index < -0.39 is 12.1 Å². The maximum Gasteiger partial charge on any atom is 0.332 e. The van der Waals surface area contributed by atoms with Crippen molar-refractivity contribution in [1.82, 2.24) is 0 Å². The molecule has 4 atom stereocenters. The highest BCUT2D eigenvalue weighted by atomic mass is 16.5. The summed E-state index contributed by atoms with van der Waals surface area (Å²) in [5, 5.41) is 9.29. The first-order valence-electron chi connectivity index (χ1n) is 12.3.